The molecule has 0 aromatic heterocycles. The Morgan fingerprint density at radius 3 is 2.56 bits per heavy atom. The molecule has 92 valence electrons. The molecule has 0 spiro atoms. The Hall–Kier alpha value is -0.730. The standard InChI is InChI=1S/C13H23NO2/c1-5-9-8-10-6-7-11(9)14(10)12(15)16-13(2,3)4/h9-11H,5-8H2,1-4H3. The van der Waals surface area contributed by atoms with E-state index >= 15 is 0 Å². The van der Waals surface area contributed by atoms with Gasteiger partial charge in [0, 0.05) is 12.1 Å². The topological polar surface area (TPSA) is 29.5 Å². The van der Waals surface area contributed by atoms with Crippen molar-refractivity contribution in [2.24, 2.45) is 5.92 Å². The lowest BCUT2D eigenvalue weighted by atomic mass is 9.87. The Kier molecular flexibility index (Phi) is 2.89. The normalized spacial score (nSPS) is 33.2. The minimum absolute atomic E-state index is 0.101. The van der Waals surface area contributed by atoms with E-state index in [-0.39, 0.29) is 11.7 Å². The van der Waals surface area contributed by atoms with Gasteiger partial charge in [0.1, 0.15) is 5.60 Å². The van der Waals surface area contributed by atoms with E-state index in [0.29, 0.717) is 18.0 Å². The molecular weight excluding hydrogens is 202 g/mol. The Morgan fingerprint density at radius 2 is 2.06 bits per heavy atom. The maximum Gasteiger partial charge on any atom is 0.410 e. The van der Waals surface area contributed by atoms with Gasteiger partial charge in [-0.2, -0.15) is 0 Å². The van der Waals surface area contributed by atoms with Crippen LogP contribution in [0.4, 0.5) is 4.79 Å². The second-order valence-corrected chi connectivity index (χ2v) is 6.09. The fourth-order valence-corrected chi connectivity index (χ4v) is 3.15. The highest BCUT2D eigenvalue weighted by atomic mass is 16.6. The Balaban J connectivity index is 2.03. The molecule has 3 atom stereocenters. The van der Waals surface area contributed by atoms with Crippen molar-refractivity contribution in [1.29, 1.82) is 0 Å². The maximum absolute atomic E-state index is 12.1. The fourth-order valence-electron chi connectivity index (χ4n) is 3.15. The van der Waals surface area contributed by atoms with Crippen LogP contribution in [0.15, 0.2) is 0 Å². The Morgan fingerprint density at radius 1 is 1.38 bits per heavy atom. The van der Waals surface area contributed by atoms with E-state index < -0.39 is 0 Å². The molecule has 0 aromatic carbocycles. The van der Waals surface area contributed by atoms with Gasteiger partial charge >= 0.3 is 6.09 Å². The summed E-state index contributed by atoms with van der Waals surface area (Å²) in [5, 5.41) is 0. The largest absolute Gasteiger partial charge is 0.444 e. The molecule has 2 aliphatic rings. The summed E-state index contributed by atoms with van der Waals surface area (Å²) in [4.78, 5) is 14.1. The van der Waals surface area contributed by atoms with Crippen molar-refractivity contribution in [2.45, 2.75) is 71.1 Å². The number of amides is 1. The molecule has 2 bridgehead atoms. The molecule has 0 aliphatic carbocycles. The van der Waals surface area contributed by atoms with Gasteiger partial charge in [0.2, 0.25) is 0 Å². The first-order chi connectivity index (χ1) is 7.42. The van der Waals surface area contributed by atoms with Gasteiger partial charge in [-0.3, -0.25) is 0 Å². The van der Waals surface area contributed by atoms with E-state index in [4.69, 9.17) is 4.74 Å². The monoisotopic (exact) mass is 225 g/mol. The van der Waals surface area contributed by atoms with Gasteiger partial charge in [0.15, 0.2) is 0 Å². The van der Waals surface area contributed by atoms with Gasteiger partial charge in [0.05, 0.1) is 0 Å². The van der Waals surface area contributed by atoms with Crippen LogP contribution in [0.1, 0.15) is 53.4 Å². The summed E-state index contributed by atoms with van der Waals surface area (Å²) in [6.45, 7) is 8.01. The highest BCUT2D eigenvalue weighted by Crippen LogP contribution is 2.43. The number of nitrogens with zero attached hydrogens (tertiary/aromatic N) is 1. The van der Waals surface area contributed by atoms with E-state index in [0.717, 1.165) is 0 Å². The van der Waals surface area contributed by atoms with Crippen molar-refractivity contribution in [3.8, 4) is 0 Å². The summed E-state index contributed by atoms with van der Waals surface area (Å²) >= 11 is 0. The van der Waals surface area contributed by atoms with Gasteiger partial charge in [-0.15, -0.1) is 0 Å². The third-order valence-corrected chi connectivity index (χ3v) is 3.79. The average Bonchev–Trinajstić information content (AvgIpc) is 2.70. The number of carbonyl (C=O) groups is 1. The molecule has 16 heavy (non-hydrogen) atoms. The predicted molar refractivity (Wildman–Crippen MR) is 63.3 cm³/mol. The van der Waals surface area contributed by atoms with Crippen LogP contribution in [0, 0.1) is 5.92 Å². The number of hydrogen-bond donors (Lipinski definition) is 0. The third-order valence-electron chi connectivity index (χ3n) is 3.79. The van der Waals surface area contributed by atoms with Gasteiger partial charge in [-0.1, -0.05) is 13.3 Å². The van der Waals surface area contributed by atoms with E-state index in [1.807, 2.05) is 25.7 Å². The molecule has 0 N–H and O–H groups in total. The summed E-state index contributed by atoms with van der Waals surface area (Å²) in [5.74, 6) is 0.700. The van der Waals surface area contributed by atoms with Gasteiger partial charge in [-0.05, 0) is 46.0 Å². The summed E-state index contributed by atoms with van der Waals surface area (Å²) in [7, 11) is 0. The lowest BCUT2D eigenvalue weighted by Gasteiger charge is -2.28. The molecule has 0 radical (unpaired) electrons. The number of carbonyl (C=O) groups excluding carboxylic acids is 1. The number of rotatable bonds is 1. The predicted octanol–water partition coefficient (Wildman–Crippen LogP) is 3.18. The molecule has 2 rings (SSSR count). The van der Waals surface area contributed by atoms with Gasteiger partial charge < -0.3 is 9.64 Å². The molecule has 1 amide bonds. The van der Waals surface area contributed by atoms with E-state index in [2.05, 4.69) is 6.92 Å². The van der Waals surface area contributed by atoms with Gasteiger partial charge in [-0.25, -0.2) is 4.79 Å². The lowest BCUT2D eigenvalue weighted by Crippen LogP contribution is -2.40. The molecule has 0 saturated carbocycles. The van der Waals surface area contributed by atoms with Gasteiger partial charge in [0.25, 0.3) is 0 Å². The molecule has 3 heteroatoms. The fraction of sp³-hybridized carbons (Fsp3) is 0.923. The second-order valence-electron chi connectivity index (χ2n) is 6.09. The van der Waals surface area contributed by atoms with Crippen LogP contribution in [-0.2, 0) is 4.74 Å². The van der Waals surface area contributed by atoms with Crippen molar-refractivity contribution >= 4 is 6.09 Å². The zero-order valence-corrected chi connectivity index (χ0v) is 10.8. The highest BCUT2D eigenvalue weighted by molar-refractivity contribution is 5.70. The van der Waals surface area contributed by atoms with Crippen molar-refractivity contribution < 1.29 is 9.53 Å². The summed E-state index contributed by atoms with van der Waals surface area (Å²) in [5.41, 5.74) is -0.374. The van der Waals surface area contributed by atoms with E-state index in [9.17, 15) is 4.79 Å². The van der Waals surface area contributed by atoms with Crippen molar-refractivity contribution in [3.05, 3.63) is 0 Å². The van der Waals surface area contributed by atoms with Crippen LogP contribution in [0.25, 0.3) is 0 Å². The zero-order chi connectivity index (χ0) is 11.9. The first-order valence-electron chi connectivity index (χ1n) is 6.43. The minimum atomic E-state index is -0.374. The minimum Gasteiger partial charge on any atom is -0.444 e. The molecule has 3 unspecified atom stereocenters. The highest BCUT2D eigenvalue weighted by Gasteiger charge is 2.48. The van der Waals surface area contributed by atoms with Crippen molar-refractivity contribution in [3.63, 3.8) is 0 Å². The number of hydrogen-bond acceptors (Lipinski definition) is 2. The second kappa shape index (κ2) is 3.94. The Labute approximate surface area is 98.1 Å². The van der Waals surface area contributed by atoms with E-state index in [1.165, 1.54) is 25.7 Å². The molecule has 0 aromatic rings. The van der Waals surface area contributed by atoms with Crippen LogP contribution in [0.3, 0.4) is 0 Å². The summed E-state index contributed by atoms with van der Waals surface area (Å²) in [6.07, 6.45) is 4.60. The van der Waals surface area contributed by atoms with Crippen LogP contribution in [0.5, 0.6) is 0 Å². The third kappa shape index (κ3) is 2.04. The smallest absolute Gasteiger partial charge is 0.410 e. The molecule has 2 aliphatic heterocycles. The van der Waals surface area contributed by atoms with Crippen LogP contribution >= 0.6 is 0 Å². The lowest BCUT2D eigenvalue weighted by molar-refractivity contribution is 0.0205. The molecule has 2 heterocycles. The first kappa shape index (κ1) is 11.7. The first-order valence-corrected chi connectivity index (χ1v) is 6.43. The van der Waals surface area contributed by atoms with Crippen LogP contribution < -0.4 is 0 Å². The SMILES string of the molecule is CCC1CC2CCC1N2C(=O)OC(C)(C)C. The number of ether oxygens (including phenoxy) is 1. The molecule has 2 saturated heterocycles. The summed E-state index contributed by atoms with van der Waals surface area (Å²) < 4.78 is 5.48. The maximum atomic E-state index is 12.1. The Bertz CT molecular complexity index is 282. The number of fused-ring (bicyclic) bond motifs is 2. The quantitative estimate of drug-likeness (QED) is 0.686. The van der Waals surface area contributed by atoms with E-state index in [1.54, 1.807) is 0 Å². The van der Waals surface area contributed by atoms with Crippen LogP contribution in [0.2, 0.25) is 0 Å². The average molecular weight is 225 g/mol. The molecule has 2 fully saturated rings. The molecule has 3 nitrogen and oxygen atoms in total. The summed E-state index contributed by atoms with van der Waals surface area (Å²) in [6, 6.07) is 0.898. The van der Waals surface area contributed by atoms with Crippen LogP contribution in [-0.4, -0.2) is 28.7 Å². The van der Waals surface area contributed by atoms with Crippen molar-refractivity contribution in [2.75, 3.05) is 0 Å². The zero-order valence-electron chi connectivity index (χ0n) is 10.8. The molecular formula is C13H23NO2. The van der Waals surface area contributed by atoms with Crippen molar-refractivity contribution in [1.82, 2.24) is 4.90 Å².